The fourth-order valence-corrected chi connectivity index (χ4v) is 3.24. The van der Waals surface area contributed by atoms with Crippen LogP contribution in [-0.4, -0.2) is 35.3 Å². The second-order valence-corrected chi connectivity index (χ2v) is 7.04. The predicted molar refractivity (Wildman–Crippen MR) is 121 cm³/mol. The molecule has 0 aliphatic carbocycles. The zero-order chi connectivity index (χ0) is 25.6. The van der Waals surface area contributed by atoms with E-state index in [9.17, 15) is 22.8 Å². The van der Waals surface area contributed by atoms with Crippen LogP contribution in [0.2, 0.25) is 0 Å². The van der Waals surface area contributed by atoms with Gasteiger partial charge in [0.1, 0.15) is 5.57 Å². The summed E-state index contributed by atoms with van der Waals surface area (Å²) in [5, 5.41) is 18.4. The van der Waals surface area contributed by atoms with Gasteiger partial charge < -0.3 is 15.4 Å². The summed E-state index contributed by atoms with van der Waals surface area (Å²) in [5.74, 6) is -1.95. The van der Waals surface area contributed by atoms with Gasteiger partial charge in [0, 0.05) is 12.7 Å². The zero-order valence-corrected chi connectivity index (χ0v) is 18.7. The molecule has 1 heterocycles. The Morgan fingerprint density at radius 1 is 1.14 bits per heavy atom. The Morgan fingerprint density at radius 3 is 2.46 bits per heavy atom. The number of hydrogen-bond donors (Lipinski definition) is 2. The number of carbonyl (C=O) groups excluding carboxylic acids is 2. The second-order valence-electron chi connectivity index (χ2n) is 7.04. The number of carbonyl (C=O) groups is 2. The van der Waals surface area contributed by atoms with Gasteiger partial charge in [-0.05, 0) is 55.5 Å². The minimum Gasteiger partial charge on any atom is -0.462 e. The van der Waals surface area contributed by atoms with Gasteiger partial charge in [-0.15, -0.1) is 0 Å². The first-order valence-electron chi connectivity index (χ1n) is 10.3. The molecule has 0 spiro atoms. The lowest BCUT2D eigenvalue weighted by atomic mass is 10.1. The van der Waals surface area contributed by atoms with Crippen LogP contribution in [-0.2, 0) is 20.5 Å². The van der Waals surface area contributed by atoms with E-state index in [0.717, 1.165) is 18.2 Å². The quantitative estimate of drug-likeness (QED) is 0.228. The van der Waals surface area contributed by atoms with Crippen molar-refractivity contribution in [3.8, 4) is 11.8 Å². The number of nitrogens with zero attached hydrogens (tertiary/aromatic N) is 3. The van der Waals surface area contributed by atoms with Gasteiger partial charge in [0.2, 0.25) is 0 Å². The highest BCUT2D eigenvalue weighted by molar-refractivity contribution is 6.25. The van der Waals surface area contributed by atoms with Crippen LogP contribution in [0.5, 0.6) is 0 Å². The standard InChI is InChI=1S/C24H20F3N5O3/c1-3-35-23(34)20(22(33)31-17-6-4-5-16(13-17)24(25,26)27)21(29-2)19-11-12-30-32(19)18-9-7-15(14-28)8-10-18/h4-13,29H,3H2,1-2H3,(H,31,33)/b21-20+. The third kappa shape index (κ3) is 5.67. The summed E-state index contributed by atoms with van der Waals surface area (Å²) in [6.45, 7) is 1.52. The number of anilines is 1. The van der Waals surface area contributed by atoms with E-state index in [1.54, 1.807) is 37.3 Å². The molecule has 1 aromatic heterocycles. The van der Waals surface area contributed by atoms with Gasteiger partial charge in [-0.3, -0.25) is 4.79 Å². The molecule has 0 unspecified atom stereocenters. The summed E-state index contributed by atoms with van der Waals surface area (Å²) >= 11 is 0. The molecule has 0 saturated carbocycles. The Labute approximate surface area is 198 Å². The molecule has 0 fully saturated rings. The van der Waals surface area contributed by atoms with Gasteiger partial charge in [-0.1, -0.05) is 6.07 Å². The molecule has 0 radical (unpaired) electrons. The van der Waals surface area contributed by atoms with Crippen molar-refractivity contribution in [3.05, 3.63) is 83.2 Å². The highest BCUT2D eigenvalue weighted by Crippen LogP contribution is 2.31. The first kappa shape index (κ1) is 25.0. The second kappa shape index (κ2) is 10.6. The van der Waals surface area contributed by atoms with E-state index < -0.39 is 29.2 Å². The number of benzene rings is 2. The van der Waals surface area contributed by atoms with E-state index in [2.05, 4.69) is 15.7 Å². The third-order valence-corrected chi connectivity index (χ3v) is 4.79. The molecule has 35 heavy (non-hydrogen) atoms. The van der Waals surface area contributed by atoms with Crippen molar-refractivity contribution in [1.29, 1.82) is 5.26 Å². The zero-order valence-electron chi connectivity index (χ0n) is 18.7. The van der Waals surface area contributed by atoms with Crippen LogP contribution >= 0.6 is 0 Å². The van der Waals surface area contributed by atoms with Gasteiger partial charge in [-0.2, -0.15) is 23.5 Å². The van der Waals surface area contributed by atoms with E-state index >= 15 is 0 Å². The molecule has 180 valence electrons. The monoisotopic (exact) mass is 483 g/mol. The van der Waals surface area contributed by atoms with Crippen molar-refractivity contribution in [2.24, 2.45) is 0 Å². The largest absolute Gasteiger partial charge is 0.462 e. The lowest BCUT2D eigenvalue weighted by molar-refractivity contribution is -0.140. The molecule has 1 amide bonds. The molecule has 2 N–H and O–H groups in total. The van der Waals surface area contributed by atoms with Crippen molar-refractivity contribution < 1.29 is 27.5 Å². The Morgan fingerprint density at radius 2 is 1.86 bits per heavy atom. The van der Waals surface area contributed by atoms with Crippen molar-refractivity contribution in [3.63, 3.8) is 0 Å². The van der Waals surface area contributed by atoms with Gasteiger partial charge in [0.15, 0.2) is 0 Å². The summed E-state index contributed by atoms with van der Waals surface area (Å²) in [5.41, 5.74) is -0.249. The number of aromatic nitrogens is 2. The van der Waals surface area contributed by atoms with Crippen molar-refractivity contribution in [2.45, 2.75) is 13.1 Å². The SMILES string of the molecule is CCOC(=O)/C(C(=O)Nc1cccc(C(F)(F)F)c1)=C(/NC)c1ccnn1-c1ccc(C#N)cc1. The Kier molecular flexibility index (Phi) is 7.56. The number of hydrogen-bond acceptors (Lipinski definition) is 6. The summed E-state index contributed by atoms with van der Waals surface area (Å²) < 4.78 is 45.7. The first-order valence-corrected chi connectivity index (χ1v) is 10.3. The maximum atomic E-state index is 13.2. The predicted octanol–water partition coefficient (Wildman–Crippen LogP) is 3.90. The molecular formula is C24H20F3N5O3. The van der Waals surface area contributed by atoms with Crippen LogP contribution in [0.25, 0.3) is 11.4 Å². The van der Waals surface area contributed by atoms with Crippen LogP contribution in [0.4, 0.5) is 18.9 Å². The van der Waals surface area contributed by atoms with Crippen LogP contribution < -0.4 is 10.6 Å². The van der Waals surface area contributed by atoms with Gasteiger partial charge in [0.25, 0.3) is 5.91 Å². The summed E-state index contributed by atoms with van der Waals surface area (Å²) in [4.78, 5) is 26.0. The normalized spacial score (nSPS) is 11.8. The molecule has 0 atom stereocenters. The lowest BCUT2D eigenvalue weighted by Gasteiger charge is -2.16. The molecule has 11 heteroatoms. The number of alkyl halides is 3. The number of amides is 1. The van der Waals surface area contributed by atoms with Crippen molar-refractivity contribution in [2.75, 3.05) is 19.0 Å². The minimum absolute atomic E-state index is 0.0367. The Hall–Kier alpha value is -4.59. The maximum absolute atomic E-state index is 13.2. The van der Waals surface area contributed by atoms with Crippen molar-refractivity contribution >= 4 is 23.3 Å². The van der Waals surface area contributed by atoms with Crippen LogP contribution in [0.3, 0.4) is 0 Å². The maximum Gasteiger partial charge on any atom is 0.416 e. The molecule has 0 saturated heterocycles. The smallest absolute Gasteiger partial charge is 0.416 e. The summed E-state index contributed by atoms with van der Waals surface area (Å²) in [7, 11) is 1.47. The summed E-state index contributed by atoms with van der Waals surface area (Å²) in [6.07, 6.45) is -3.16. The van der Waals surface area contributed by atoms with Gasteiger partial charge in [-0.25, -0.2) is 9.48 Å². The van der Waals surface area contributed by atoms with E-state index in [1.807, 2.05) is 6.07 Å². The molecule has 0 bridgehead atoms. The van der Waals surface area contributed by atoms with Crippen LogP contribution in [0.1, 0.15) is 23.7 Å². The fraction of sp³-hybridized carbons (Fsp3) is 0.167. The summed E-state index contributed by atoms with van der Waals surface area (Å²) in [6, 6.07) is 14.0. The topological polar surface area (TPSA) is 109 Å². The van der Waals surface area contributed by atoms with Crippen molar-refractivity contribution in [1.82, 2.24) is 15.1 Å². The highest BCUT2D eigenvalue weighted by atomic mass is 19.4. The number of nitriles is 1. The number of halogens is 3. The molecule has 3 rings (SSSR count). The number of rotatable bonds is 7. The average molecular weight is 483 g/mol. The third-order valence-electron chi connectivity index (χ3n) is 4.79. The van der Waals surface area contributed by atoms with Crippen LogP contribution in [0, 0.1) is 11.3 Å². The Balaban J connectivity index is 2.09. The van der Waals surface area contributed by atoms with E-state index in [1.165, 1.54) is 24.0 Å². The van der Waals surface area contributed by atoms with E-state index in [0.29, 0.717) is 16.9 Å². The molecule has 0 aliphatic rings. The molecule has 0 aliphatic heterocycles. The molecule has 3 aromatic rings. The lowest BCUT2D eigenvalue weighted by Crippen LogP contribution is -2.27. The number of esters is 1. The van der Waals surface area contributed by atoms with Gasteiger partial charge in [0.05, 0.1) is 47.1 Å². The van der Waals surface area contributed by atoms with Crippen LogP contribution in [0.15, 0.2) is 66.4 Å². The number of ether oxygens (including phenoxy) is 1. The Bertz CT molecular complexity index is 1300. The fourth-order valence-electron chi connectivity index (χ4n) is 3.24. The first-order chi connectivity index (χ1) is 16.7. The highest BCUT2D eigenvalue weighted by Gasteiger charge is 2.31. The molecule has 8 nitrogen and oxygen atoms in total. The average Bonchev–Trinajstić information content (AvgIpc) is 3.31. The van der Waals surface area contributed by atoms with Gasteiger partial charge >= 0.3 is 12.1 Å². The number of nitrogens with one attached hydrogen (secondary N) is 2. The van der Waals surface area contributed by atoms with E-state index in [-0.39, 0.29) is 18.0 Å². The minimum atomic E-state index is -4.61. The molecule has 2 aromatic carbocycles. The van der Waals surface area contributed by atoms with E-state index in [4.69, 9.17) is 10.00 Å². The molecular weight excluding hydrogens is 463 g/mol.